The molecular formula is C14H22N2O3S. The quantitative estimate of drug-likeness (QED) is 0.754. The molecule has 0 amide bonds. The van der Waals surface area contributed by atoms with E-state index in [-0.39, 0.29) is 12.0 Å². The summed E-state index contributed by atoms with van der Waals surface area (Å²) in [5.41, 5.74) is -0.759. The van der Waals surface area contributed by atoms with Crippen molar-refractivity contribution in [3.63, 3.8) is 0 Å². The summed E-state index contributed by atoms with van der Waals surface area (Å²) in [5.74, 6) is 0.291. The normalized spacial score (nSPS) is 26.2. The molecular weight excluding hydrogens is 276 g/mol. The fraction of sp³-hybridized carbons (Fsp3) is 0.714. The van der Waals surface area contributed by atoms with Crippen molar-refractivity contribution < 1.29 is 14.3 Å². The Hall–Kier alpha value is -1.01. The van der Waals surface area contributed by atoms with Crippen LogP contribution in [0.1, 0.15) is 39.5 Å². The van der Waals surface area contributed by atoms with Gasteiger partial charge in [-0.05, 0) is 39.0 Å². The van der Waals surface area contributed by atoms with Crippen LogP contribution in [0, 0.1) is 5.92 Å². The lowest BCUT2D eigenvalue weighted by molar-refractivity contribution is -0.147. The molecule has 2 atom stereocenters. The van der Waals surface area contributed by atoms with Crippen molar-refractivity contribution >= 4 is 17.7 Å². The number of oxazole rings is 1. The number of thioether (sulfide) groups is 1. The van der Waals surface area contributed by atoms with E-state index >= 15 is 0 Å². The lowest BCUT2D eigenvalue weighted by Crippen LogP contribution is -2.57. The Balaban J connectivity index is 1.95. The zero-order valence-corrected chi connectivity index (χ0v) is 12.8. The van der Waals surface area contributed by atoms with Crippen molar-refractivity contribution in [2.45, 2.75) is 56.3 Å². The van der Waals surface area contributed by atoms with Gasteiger partial charge in [-0.15, -0.1) is 0 Å². The molecule has 1 aromatic rings. The minimum Gasteiger partial charge on any atom is -0.480 e. The van der Waals surface area contributed by atoms with Gasteiger partial charge in [0.2, 0.25) is 0 Å². The SMILES string of the molecule is CC(C)NC1(C(=O)O)CCCC1CCSc1ncco1. The Kier molecular flexibility index (Phi) is 5.10. The molecule has 2 N–H and O–H groups in total. The highest BCUT2D eigenvalue weighted by Gasteiger charge is 2.48. The highest BCUT2D eigenvalue weighted by atomic mass is 32.2. The van der Waals surface area contributed by atoms with Crippen molar-refractivity contribution in [3.05, 3.63) is 12.5 Å². The predicted molar refractivity (Wildman–Crippen MR) is 77.8 cm³/mol. The van der Waals surface area contributed by atoms with Gasteiger partial charge in [-0.3, -0.25) is 10.1 Å². The number of aromatic nitrogens is 1. The molecule has 0 saturated heterocycles. The summed E-state index contributed by atoms with van der Waals surface area (Å²) in [4.78, 5) is 15.8. The van der Waals surface area contributed by atoms with Crippen LogP contribution >= 0.6 is 11.8 Å². The van der Waals surface area contributed by atoms with Crippen LogP contribution in [-0.4, -0.2) is 33.4 Å². The Morgan fingerprint density at radius 1 is 1.70 bits per heavy atom. The van der Waals surface area contributed by atoms with Crippen LogP contribution in [0.25, 0.3) is 0 Å². The lowest BCUT2D eigenvalue weighted by Gasteiger charge is -2.34. The molecule has 6 heteroatoms. The highest BCUT2D eigenvalue weighted by Crippen LogP contribution is 2.39. The molecule has 2 unspecified atom stereocenters. The molecule has 112 valence electrons. The summed E-state index contributed by atoms with van der Waals surface area (Å²) in [5, 5.41) is 13.6. The largest absolute Gasteiger partial charge is 0.480 e. The third-order valence-corrected chi connectivity index (χ3v) is 4.74. The van der Waals surface area contributed by atoms with Gasteiger partial charge in [-0.1, -0.05) is 18.2 Å². The van der Waals surface area contributed by atoms with Gasteiger partial charge in [-0.2, -0.15) is 0 Å². The summed E-state index contributed by atoms with van der Waals surface area (Å²) < 4.78 is 5.18. The molecule has 1 aliphatic carbocycles. The second kappa shape index (κ2) is 6.63. The molecule has 1 aliphatic rings. The maximum atomic E-state index is 11.8. The van der Waals surface area contributed by atoms with Crippen molar-refractivity contribution in [1.82, 2.24) is 10.3 Å². The van der Waals surface area contributed by atoms with E-state index in [1.807, 2.05) is 13.8 Å². The molecule has 0 bridgehead atoms. The summed E-state index contributed by atoms with van der Waals surface area (Å²) in [6, 6.07) is 0.172. The first-order valence-electron chi connectivity index (χ1n) is 7.08. The average molecular weight is 298 g/mol. The third kappa shape index (κ3) is 3.35. The number of aliphatic carboxylic acids is 1. The van der Waals surface area contributed by atoms with Crippen molar-refractivity contribution in [1.29, 1.82) is 0 Å². The number of rotatable bonds is 7. The summed E-state index contributed by atoms with van der Waals surface area (Å²) in [6.45, 7) is 4.00. The molecule has 5 nitrogen and oxygen atoms in total. The molecule has 1 heterocycles. The van der Waals surface area contributed by atoms with Crippen molar-refractivity contribution in [2.75, 3.05) is 5.75 Å². The van der Waals surface area contributed by atoms with Gasteiger partial charge in [0.1, 0.15) is 11.8 Å². The van der Waals surface area contributed by atoms with E-state index in [2.05, 4.69) is 10.3 Å². The summed E-state index contributed by atoms with van der Waals surface area (Å²) in [7, 11) is 0. The predicted octanol–water partition coefficient (Wildman–Crippen LogP) is 2.78. The Labute approximate surface area is 123 Å². The van der Waals surface area contributed by atoms with E-state index in [0.29, 0.717) is 5.22 Å². The fourth-order valence-corrected chi connectivity index (χ4v) is 3.92. The van der Waals surface area contributed by atoms with E-state index < -0.39 is 11.5 Å². The molecule has 0 radical (unpaired) electrons. The third-order valence-electron chi connectivity index (χ3n) is 3.85. The van der Waals surface area contributed by atoms with Gasteiger partial charge in [0.05, 0.1) is 6.20 Å². The number of carboxylic acid groups (broad SMARTS) is 1. The van der Waals surface area contributed by atoms with Gasteiger partial charge in [0, 0.05) is 11.8 Å². The Morgan fingerprint density at radius 3 is 3.10 bits per heavy atom. The summed E-state index contributed by atoms with van der Waals surface area (Å²) in [6.07, 6.45) is 6.70. The van der Waals surface area contributed by atoms with E-state index in [1.165, 1.54) is 0 Å². The molecule has 0 aliphatic heterocycles. The van der Waals surface area contributed by atoms with Crippen LogP contribution in [0.2, 0.25) is 0 Å². The van der Waals surface area contributed by atoms with Crippen LogP contribution in [0.4, 0.5) is 0 Å². The molecule has 1 saturated carbocycles. The first kappa shape index (κ1) is 15.4. The van der Waals surface area contributed by atoms with Crippen LogP contribution < -0.4 is 5.32 Å². The second-order valence-electron chi connectivity index (χ2n) is 5.60. The Morgan fingerprint density at radius 2 is 2.50 bits per heavy atom. The number of hydrogen-bond donors (Lipinski definition) is 2. The molecule has 1 aromatic heterocycles. The van der Waals surface area contributed by atoms with Gasteiger partial charge in [0.15, 0.2) is 0 Å². The minimum atomic E-state index is -0.759. The van der Waals surface area contributed by atoms with Crippen molar-refractivity contribution in [3.8, 4) is 0 Å². The van der Waals surface area contributed by atoms with E-state index in [1.54, 1.807) is 24.2 Å². The maximum absolute atomic E-state index is 11.8. The maximum Gasteiger partial charge on any atom is 0.324 e. The molecule has 2 rings (SSSR count). The zero-order chi connectivity index (χ0) is 14.6. The smallest absolute Gasteiger partial charge is 0.324 e. The average Bonchev–Trinajstić information content (AvgIpc) is 2.99. The standard InChI is InChI=1S/C14H22N2O3S/c1-10(2)16-14(12(17)18)6-3-4-11(14)5-9-20-13-15-7-8-19-13/h7-8,10-11,16H,3-6,9H2,1-2H3,(H,17,18). The van der Waals surface area contributed by atoms with E-state index in [9.17, 15) is 9.90 Å². The molecule has 0 aromatic carbocycles. The highest BCUT2D eigenvalue weighted by molar-refractivity contribution is 7.99. The van der Waals surface area contributed by atoms with Gasteiger partial charge < -0.3 is 9.52 Å². The van der Waals surface area contributed by atoms with Gasteiger partial charge in [-0.25, -0.2) is 4.98 Å². The molecule has 0 spiro atoms. The van der Waals surface area contributed by atoms with Crippen molar-refractivity contribution in [2.24, 2.45) is 5.92 Å². The van der Waals surface area contributed by atoms with E-state index in [0.717, 1.165) is 31.4 Å². The monoisotopic (exact) mass is 298 g/mol. The lowest BCUT2D eigenvalue weighted by atomic mass is 9.84. The summed E-state index contributed by atoms with van der Waals surface area (Å²) >= 11 is 1.55. The minimum absolute atomic E-state index is 0.171. The van der Waals surface area contributed by atoms with Crippen LogP contribution in [0.3, 0.4) is 0 Å². The number of nitrogens with zero attached hydrogens (tertiary/aromatic N) is 1. The number of carbonyl (C=O) groups is 1. The van der Waals surface area contributed by atoms with Crippen LogP contribution in [0.15, 0.2) is 22.1 Å². The van der Waals surface area contributed by atoms with E-state index in [4.69, 9.17) is 4.42 Å². The second-order valence-corrected chi connectivity index (χ2v) is 6.65. The zero-order valence-electron chi connectivity index (χ0n) is 12.0. The van der Waals surface area contributed by atoms with Crippen LogP contribution in [-0.2, 0) is 4.79 Å². The molecule has 20 heavy (non-hydrogen) atoms. The first-order chi connectivity index (χ1) is 9.54. The first-order valence-corrected chi connectivity index (χ1v) is 8.06. The topological polar surface area (TPSA) is 75.4 Å². The Bertz CT molecular complexity index is 436. The fourth-order valence-electron chi connectivity index (χ4n) is 3.09. The molecule has 1 fully saturated rings. The van der Waals surface area contributed by atoms with Crippen LogP contribution in [0.5, 0.6) is 0 Å². The number of nitrogens with one attached hydrogen (secondary N) is 1. The van der Waals surface area contributed by atoms with Gasteiger partial charge in [0.25, 0.3) is 5.22 Å². The number of hydrogen-bond acceptors (Lipinski definition) is 5. The van der Waals surface area contributed by atoms with Gasteiger partial charge >= 0.3 is 5.97 Å². The number of carboxylic acids is 1.